The number of nitrogens with zero attached hydrogens (tertiary/aromatic N) is 2. The molecule has 1 saturated carbocycles. The highest BCUT2D eigenvalue weighted by atomic mass is 79.9. The minimum Gasteiger partial charge on any atom is -0.493 e. The van der Waals surface area contributed by atoms with Crippen LogP contribution in [0.15, 0.2) is 22.8 Å². The van der Waals surface area contributed by atoms with Crippen LogP contribution in [0.4, 0.5) is 0 Å². The van der Waals surface area contributed by atoms with Gasteiger partial charge in [0.2, 0.25) is 0 Å². The number of ether oxygens (including phenoxy) is 2. The van der Waals surface area contributed by atoms with Crippen molar-refractivity contribution in [2.24, 2.45) is 0 Å². The van der Waals surface area contributed by atoms with E-state index in [4.69, 9.17) is 9.47 Å². The largest absolute Gasteiger partial charge is 0.493 e. The third-order valence-corrected chi connectivity index (χ3v) is 3.33. The van der Waals surface area contributed by atoms with Gasteiger partial charge in [0, 0.05) is 15.9 Å². The fourth-order valence-electron chi connectivity index (χ4n) is 1.65. The Balaban J connectivity index is 2.14. The number of hydrogen-bond acceptors (Lipinski definition) is 4. The van der Waals surface area contributed by atoms with Crippen molar-refractivity contribution < 1.29 is 9.47 Å². The van der Waals surface area contributed by atoms with Gasteiger partial charge in [0.25, 0.3) is 0 Å². The molecule has 0 unspecified atom stereocenters. The van der Waals surface area contributed by atoms with Crippen LogP contribution in [0.1, 0.15) is 12.8 Å². The summed E-state index contributed by atoms with van der Waals surface area (Å²) >= 11 is 3.46. The SMILES string of the molecule is COc1cc2nncc(Br)c2cc1OC1CC1. The number of rotatable bonds is 3. The molecule has 1 aromatic heterocycles. The van der Waals surface area contributed by atoms with Crippen LogP contribution < -0.4 is 9.47 Å². The van der Waals surface area contributed by atoms with Crippen LogP contribution in [0, 0.1) is 0 Å². The van der Waals surface area contributed by atoms with Crippen molar-refractivity contribution in [1.82, 2.24) is 10.2 Å². The second kappa shape index (κ2) is 4.14. The Morgan fingerprint density at radius 1 is 1.29 bits per heavy atom. The first kappa shape index (κ1) is 10.8. The van der Waals surface area contributed by atoms with Crippen molar-refractivity contribution in [1.29, 1.82) is 0 Å². The Bertz CT molecular complexity index is 570. The highest BCUT2D eigenvalue weighted by molar-refractivity contribution is 9.10. The highest BCUT2D eigenvalue weighted by Gasteiger charge is 2.25. The van der Waals surface area contributed by atoms with Gasteiger partial charge in [-0.3, -0.25) is 0 Å². The van der Waals surface area contributed by atoms with Gasteiger partial charge in [0.1, 0.15) is 0 Å². The summed E-state index contributed by atoms with van der Waals surface area (Å²) in [7, 11) is 1.63. The van der Waals surface area contributed by atoms with E-state index in [-0.39, 0.29) is 0 Å². The summed E-state index contributed by atoms with van der Waals surface area (Å²) in [6.45, 7) is 0. The molecule has 0 atom stereocenters. The van der Waals surface area contributed by atoms with Crippen molar-refractivity contribution in [3.63, 3.8) is 0 Å². The Hall–Kier alpha value is -1.36. The minimum absolute atomic E-state index is 0.343. The van der Waals surface area contributed by atoms with Gasteiger partial charge in [0.15, 0.2) is 11.5 Å². The van der Waals surface area contributed by atoms with E-state index in [0.717, 1.165) is 34.0 Å². The van der Waals surface area contributed by atoms with Crippen LogP contribution in [0.25, 0.3) is 10.9 Å². The number of hydrogen-bond donors (Lipinski definition) is 0. The fraction of sp³-hybridized carbons (Fsp3) is 0.333. The first-order valence-corrected chi connectivity index (χ1v) is 6.23. The van der Waals surface area contributed by atoms with Crippen molar-refractivity contribution in [2.75, 3.05) is 7.11 Å². The lowest BCUT2D eigenvalue weighted by Crippen LogP contribution is -1.99. The number of benzene rings is 1. The molecule has 1 heterocycles. The third-order valence-electron chi connectivity index (χ3n) is 2.69. The smallest absolute Gasteiger partial charge is 0.163 e. The molecule has 0 bridgehead atoms. The molecule has 0 amide bonds. The molecule has 1 aliphatic rings. The van der Waals surface area contributed by atoms with E-state index < -0.39 is 0 Å². The molecular weight excluding hydrogens is 284 g/mol. The molecule has 4 nitrogen and oxygen atoms in total. The monoisotopic (exact) mass is 294 g/mol. The molecule has 0 N–H and O–H groups in total. The van der Waals surface area contributed by atoms with Crippen LogP contribution >= 0.6 is 15.9 Å². The average Bonchev–Trinajstić information content (AvgIpc) is 3.13. The van der Waals surface area contributed by atoms with Crippen LogP contribution in [-0.4, -0.2) is 23.4 Å². The standard InChI is InChI=1S/C12H11BrN2O2/c1-16-11-5-10-8(9(13)6-14-15-10)4-12(11)17-7-2-3-7/h4-7H,2-3H2,1H3. The molecule has 88 valence electrons. The lowest BCUT2D eigenvalue weighted by Gasteiger charge is -2.11. The van der Waals surface area contributed by atoms with E-state index >= 15 is 0 Å². The fourth-order valence-corrected chi connectivity index (χ4v) is 2.06. The summed E-state index contributed by atoms with van der Waals surface area (Å²) in [5.74, 6) is 1.48. The molecule has 0 aliphatic heterocycles. The predicted octanol–water partition coefficient (Wildman–Crippen LogP) is 2.94. The Morgan fingerprint density at radius 3 is 2.82 bits per heavy atom. The van der Waals surface area contributed by atoms with E-state index in [0.29, 0.717) is 11.9 Å². The van der Waals surface area contributed by atoms with Gasteiger partial charge >= 0.3 is 0 Å². The molecule has 1 fully saturated rings. The van der Waals surface area contributed by atoms with Crippen LogP contribution in [0.2, 0.25) is 0 Å². The first-order valence-electron chi connectivity index (χ1n) is 5.43. The van der Waals surface area contributed by atoms with Crippen LogP contribution in [0.3, 0.4) is 0 Å². The molecule has 17 heavy (non-hydrogen) atoms. The molecule has 3 rings (SSSR count). The number of fused-ring (bicyclic) bond motifs is 1. The first-order chi connectivity index (χ1) is 8.28. The van der Waals surface area contributed by atoms with Crippen LogP contribution in [-0.2, 0) is 0 Å². The maximum absolute atomic E-state index is 5.82. The third kappa shape index (κ3) is 2.07. The van der Waals surface area contributed by atoms with Crippen molar-refractivity contribution in [3.05, 3.63) is 22.8 Å². The molecule has 0 radical (unpaired) electrons. The topological polar surface area (TPSA) is 44.2 Å². The van der Waals surface area contributed by atoms with E-state index in [9.17, 15) is 0 Å². The summed E-state index contributed by atoms with van der Waals surface area (Å²) in [6.07, 6.45) is 4.26. The molecule has 2 aromatic rings. The summed E-state index contributed by atoms with van der Waals surface area (Å²) < 4.78 is 12.0. The minimum atomic E-state index is 0.343. The number of methoxy groups -OCH3 is 1. The normalized spacial score (nSPS) is 14.9. The van der Waals surface area contributed by atoms with E-state index in [2.05, 4.69) is 26.1 Å². The van der Waals surface area contributed by atoms with Gasteiger partial charge < -0.3 is 9.47 Å². The van der Waals surface area contributed by atoms with E-state index in [1.165, 1.54) is 0 Å². The predicted molar refractivity (Wildman–Crippen MR) is 67.4 cm³/mol. The maximum atomic E-state index is 5.82. The zero-order chi connectivity index (χ0) is 11.8. The summed E-state index contributed by atoms with van der Waals surface area (Å²) in [5, 5.41) is 8.95. The Kier molecular flexibility index (Phi) is 2.63. The van der Waals surface area contributed by atoms with Crippen LogP contribution in [0.5, 0.6) is 11.5 Å². The molecule has 1 aliphatic carbocycles. The summed E-state index contributed by atoms with van der Waals surface area (Å²) in [5.41, 5.74) is 0.791. The van der Waals surface area contributed by atoms with E-state index in [1.807, 2.05) is 12.1 Å². The molecular formula is C12H11BrN2O2. The molecule has 0 saturated heterocycles. The summed E-state index contributed by atoms with van der Waals surface area (Å²) in [6, 6.07) is 3.80. The van der Waals surface area contributed by atoms with Gasteiger partial charge in [-0.15, -0.1) is 0 Å². The van der Waals surface area contributed by atoms with Crippen molar-refractivity contribution in [3.8, 4) is 11.5 Å². The summed E-state index contributed by atoms with van der Waals surface area (Å²) in [4.78, 5) is 0. The molecule has 1 aromatic carbocycles. The second-order valence-electron chi connectivity index (χ2n) is 4.03. The Labute approximate surface area is 107 Å². The average molecular weight is 295 g/mol. The zero-order valence-corrected chi connectivity index (χ0v) is 10.9. The van der Waals surface area contributed by atoms with Crippen molar-refractivity contribution in [2.45, 2.75) is 18.9 Å². The van der Waals surface area contributed by atoms with E-state index in [1.54, 1.807) is 13.3 Å². The number of halogens is 1. The lowest BCUT2D eigenvalue weighted by atomic mass is 10.2. The van der Waals surface area contributed by atoms with Gasteiger partial charge in [-0.1, -0.05) is 0 Å². The van der Waals surface area contributed by atoms with Crippen molar-refractivity contribution >= 4 is 26.8 Å². The molecule has 5 heteroatoms. The second-order valence-corrected chi connectivity index (χ2v) is 4.88. The maximum Gasteiger partial charge on any atom is 0.163 e. The van der Waals surface area contributed by atoms with Gasteiger partial charge in [0.05, 0.1) is 24.9 Å². The quantitative estimate of drug-likeness (QED) is 0.873. The highest BCUT2D eigenvalue weighted by Crippen LogP contribution is 2.37. The Morgan fingerprint density at radius 2 is 2.12 bits per heavy atom. The number of aromatic nitrogens is 2. The van der Waals surface area contributed by atoms with Gasteiger partial charge in [-0.05, 0) is 34.8 Å². The molecule has 0 spiro atoms. The van der Waals surface area contributed by atoms with Gasteiger partial charge in [-0.2, -0.15) is 10.2 Å². The zero-order valence-electron chi connectivity index (χ0n) is 9.31. The lowest BCUT2D eigenvalue weighted by molar-refractivity contribution is 0.282. The van der Waals surface area contributed by atoms with Gasteiger partial charge in [-0.25, -0.2) is 0 Å².